The van der Waals surface area contributed by atoms with Crippen LogP contribution in [-0.4, -0.2) is 12.0 Å². The molecule has 132 valence electrons. The summed E-state index contributed by atoms with van der Waals surface area (Å²) in [5.41, 5.74) is 4.66. The van der Waals surface area contributed by atoms with Gasteiger partial charge in [0.05, 0.1) is 0 Å². The van der Waals surface area contributed by atoms with Gasteiger partial charge in [-0.2, -0.15) is 0 Å². The van der Waals surface area contributed by atoms with E-state index in [0.717, 1.165) is 34.3 Å². The number of rotatable bonds is 5. The Morgan fingerprint density at radius 1 is 1.16 bits per heavy atom. The third-order valence-corrected chi connectivity index (χ3v) is 5.58. The van der Waals surface area contributed by atoms with Crippen LogP contribution in [0.15, 0.2) is 40.9 Å². The van der Waals surface area contributed by atoms with Crippen molar-refractivity contribution in [3.05, 3.63) is 57.6 Å². The van der Waals surface area contributed by atoms with E-state index >= 15 is 0 Å². The highest BCUT2D eigenvalue weighted by Gasteiger charge is 2.20. The SMILES string of the molecule is CC[C@H](Oc1ccc2c(c1)CCCC2)C(=O)Nc1ccc(Br)c(C)c1. The minimum Gasteiger partial charge on any atom is -0.481 e. The Bertz CT molecular complexity index is 772. The van der Waals surface area contributed by atoms with Gasteiger partial charge in [-0.25, -0.2) is 0 Å². The monoisotopic (exact) mass is 401 g/mol. The third-order valence-electron chi connectivity index (χ3n) is 4.69. The van der Waals surface area contributed by atoms with Gasteiger partial charge in [-0.1, -0.05) is 28.9 Å². The molecular weight excluding hydrogens is 378 g/mol. The second-order valence-electron chi connectivity index (χ2n) is 6.61. The van der Waals surface area contributed by atoms with Gasteiger partial charge in [0.2, 0.25) is 0 Å². The molecule has 2 aromatic rings. The Kier molecular flexibility index (Phi) is 5.79. The predicted molar refractivity (Wildman–Crippen MR) is 105 cm³/mol. The molecular formula is C21H24BrNO2. The van der Waals surface area contributed by atoms with E-state index in [1.807, 2.05) is 38.1 Å². The Morgan fingerprint density at radius 2 is 1.92 bits per heavy atom. The number of hydrogen-bond donors (Lipinski definition) is 1. The minimum atomic E-state index is -0.495. The summed E-state index contributed by atoms with van der Waals surface area (Å²) in [4.78, 5) is 12.6. The number of hydrogen-bond acceptors (Lipinski definition) is 2. The number of amides is 1. The van der Waals surface area contributed by atoms with Crippen LogP contribution in [0.25, 0.3) is 0 Å². The zero-order valence-corrected chi connectivity index (χ0v) is 16.4. The van der Waals surface area contributed by atoms with Gasteiger partial charge in [-0.3, -0.25) is 4.79 Å². The van der Waals surface area contributed by atoms with Gasteiger partial charge in [0, 0.05) is 10.2 Å². The van der Waals surface area contributed by atoms with Gasteiger partial charge in [-0.15, -0.1) is 0 Å². The molecule has 1 aliphatic carbocycles. The standard InChI is InChI=1S/C21H24BrNO2/c1-3-20(21(24)23-17-9-11-19(22)14(2)12-17)25-18-10-8-15-6-4-5-7-16(15)13-18/h8-13,20H,3-7H2,1-2H3,(H,23,24)/t20-/m0/s1. The molecule has 1 amide bonds. The van der Waals surface area contributed by atoms with Gasteiger partial charge >= 0.3 is 0 Å². The number of fused-ring (bicyclic) bond motifs is 1. The molecule has 0 saturated carbocycles. The Labute approximate surface area is 157 Å². The number of carbonyl (C=O) groups excluding carboxylic acids is 1. The van der Waals surface area contributed by atoms with Crippen molar-refractivity contribution < 1.29 is 9.53 Å². The second kappa shape index (κ2) is 8.05. The summed E-state index contributed by atoms with van der Waals surface area (Å²) in [7, 11) is 0. The van der Waals surface area contributed by atoms with E-state index in [1.54, 1.807) is 0 Å². The molecule has 25 heavy (non-hydrogen) atoms. The van der Waals surface area contributed by atoms with Gasteiger partial charge in [0.15, 0.2) is 6.10 Å². The molecule has 0 unspecified atom stereocenters. The molecule has 0 saturated heterocycles. The van der Waals surface area contributed by atoms with E-state index in [1.165, 1.54) is 24.0 Å². The maximum atomic E-state index is 12.6. The van der Waals surface area contributed by atoms with Crippen molar-refractivity contribution in [2.75, 3.05) is 5.32 Å². The highest BCUT2D eigenvalue weighted by molar-refractivity contribution is 9.10. The van der Waals surface area contributed by atoms with Gasteiger partial charge in [0.1, 0.15) is 5.75 Å². The molecule has 0 heterocycles. The molecule has 0 aliphatic heterocycles. The van der Waals surface area contributed by atoms with Crippen molar-refractivity contribution in [3.8, 4) is 5.75 Å². The van der Waals surface area contributed by atoms with Crippen LogP contribution in [0.3, 0.4) is 0 Å². The maximum Gasteiger partial charge on any atom is 0.265 e. The summed E-state index contributed by atoms with van der Waals surface area (Å²) in [6.07, 6.45) is 4.88. The molecule has 1 atom stereocenters. The quantitative estimate of drug-likeness (QED) is 0.724. The number of aryl methyl sites for hydroxylation is 3. The van der Waals surface area contributed by atoms with Crippen LogP contribution >= 0.6 is 15.9 Å². The molecule has 1 N–H and O–H groups in total. The highest BCUT2D eigenvalue weighted by Crippen LogP contribution is 2.26. The average Bonchev–Trinajstić information content (AvgIpc) is 2.62. The minimum absolute atomic E-state index is 0.109. The fraction of sp³-hybridized carbons (Fsp3) is 0.381. The molecule has 0 bridgehead atoms. The van der Waals surface area contributed by atoms with E-state index in [-0.39, 0.29) is 5.91 Å². The Morgan fingerprint density at radius 3 is 2.64 bits per heavy atom. The van der Waals surface area contributed by atoms with Crippen LogP contribution in [0, 0.1) is 6.92 Å². The first-order chi connectivity index (χ1) is 12.1. The van der Waals surface area contributed by atoms with Crippen molar-refractivity contribution in [2.45, 2.75) is 52.1 Å². The molecule has 2 aromatic carbocycles. The second-order valence-corrected chi connectivity index (χ2v) is 7.46. The lowest BCUT2D eigenvalue weighted by Crippen LogP contribution is -2.32. The summed E-state index contributed by atoms with van der Waals surface area (Å²) < 4.78 is 7.03. The van der Waals surface area contributed by atoms with Crippen LogP contribution < -0.4 is 10.1 Å². The molecule has 1 aliphatic rings. The Balaban J connectivity index is 1.69. The highest BCUT2D eigenvalue weighted by atomic mass is 79.9. The molecule has 3 rings (SSSR count). The smallest absolute Gasteiger partial charge is 0.265 e. The molecule has 0 aromatic heterocycles. The van der Waals surface area contributed by atoms with Crippen molar-refractivity contribution in [2.24, 2.45) is 0 Å². The third kappa shape index (κ3) is 4.43. The van der Waals surface area contributed by atoms with E-state index in [0.29, 0.717) is 6.42 Å². The van der Waals surface area contributed by atoms with Crippen molar-refractivity contribution in [1.29, 1.82) is 0 Å². The zero-order valence-electron chi connectivity index (χ0n) is 14.8. The Hall–Kier alpha value is -1.81. The lowest BCUT2D eigenvalue weighted by molar-refractivity contribution is -0.122. The fourth-order valence-corrected chi connectivity index (χ4v) is 3.46. The summed E-state index contributed by atoms with van der Waals surface area (Å²) in [5, 5.41) is 2.96. The summed E-state index contributed by atoms with van der Waals surface area (Å²) in [6.45, 7) is 3.97. The van der Waals surface area contributed by atoms with Crippen molar-refractivity contribution in [3.63, 3.8) is 0 Å². The first-order valence-corrected chi connectivity index (χ1v) is 9.71. The number of nitrogens with one attached hydrogen (secondary N) is 1. The molecule has 3 nitrogen and oxygen atoms in total. The summed E-state index contributed by atoms with van der Waals surface area (Å²) in [6, 6.07) is 12.0. The summed E-state index contributed by atoms with van der Waals surface area (Å²) in [5.74, 6) is 0.677. The van der Waals surface area contributed by atoms with Crippen molar-refractivity contribution >= 4 is 27.5 Å². The predicted octanol–water partition coefficient (Wildman–Crippen LogP) is 5.43. The van der Waals surface area contributed by atoms with Gasteiger partial charge in [0.25, 0.3) is 5.91 Å². The lowest BCUT2D eigenvalue weighted by atomic mass is 9.92. The summed E-state index contributed by atoms with van der Waals surface area (Å²) >= 11 is 3.48. The average molecular weight is 402 g/mol. The number of anilines is 1. The van der Waals surface area contributed by atoms with Crippen molar-refractivity contribution in [1.82, 2.24) is 0 Å². The maximum absolute atomic E-state index is 12.6. The van der Waals surface area contributed by atoms with E-state index in [2.05, 4.69) is 33.4 Å². The number of benzene rings is 2. The van der Waals surface area contributed by atoms with Crippen LogP contribution in [0.1, 0.15) is 42.9 Å². The largest absolute Gasteiger partial charge is 0.481 e. The molecule has 4 heteroatoms. The van der Waals surface area contributed by atoms with E-state index in [4.69, 9.17) is 4.74 Å². The van der Waals surface area contributed by atoms with Gasteiger partial charge < -0.3 is 10.1 Å². The fourth-order valence-electron chi connectivity index (χ4n) is 3.21. The molecule has 0 fully saturated rings. The van der Waals surface area contributed by atoms with E-state index in [9.17, 15) is 4.79 Å². The lowest BCUT2D eigenvalue weighted by Gasteiger charge is -2.20. The van der Waals surface area contributed by atoms with Gasteiger partial charge in [-0.05, 0) is 86.1 Å². The first kappa shape index (κ1) is 18.0. The number of ether oxygens (including phenoxy) is 1. The first-order valence-electron chi connectivity index (χ1n) is 8.92. The van der Waals surface area contributed by atoms with Crippen LogP contribution in [0.5, 0.6) is 5.75 Å². The molecule has 0 spiro atoms. The van der Waals surface area contributed by atoms with E-state index < -0.39 is 6.10 Å². The number of carbonyl (C=O) groups is 1. The van der Waals surface area contributed by atoms with Crippen LogP contribution in [0.2, 0.25) is 0 Å². The topological polar surface area (TPSA) is 38.3 Å². The van der Waals surface area contributed by atoms with Crippen LogP contribution in [-0.2, 0) is 17.6 Å². The zero-order chi connectivity index (χ0) is 17.8. The number of halogens is 1. The molecule has 0 radical (unpaired) electrons. The van der Waals surface area contributed by atoms with Crippen LogP contribution in [0.4, 0.5) is 5.69 Å². The normalized spacial score (nSPS) is 14.5.